The van der Waals surface area contributed by atoms with Gasteiger partial charge in [0.2, 0.25) is 0 Å². The molecule has 2 fully saturated rings. The average molecular weight is 268 g/mol. The Morgan fingerprint density at radius 3 is 2.37 bits per heavy atom. The molecule has 4 heteroatoms. The van der Waals surface area contributed by atoms with Crippen molar-refractivity contribution in [1.29, 1.82) is 0 Å². The third-order valence-corrected chi connectivity index (χ3v) is 4.92. The Hall–Kier alpha value is -0.610. The molecular weight excluding hydrogens is 240 g/mol. The Morgan fingerprint density at radius 1 is 1.26 bits per heavy atom. The summed E-state index contributed by atoms with van der Waals surface area (Å²) in [5, 5.41) is 0. The van der Waals surface area contributed by atoms with Gasteiger partial charge in [-0.1, -0.05) is 13.3 Å². The molecule has 0 atom stereocenters. The molecule has 1 heterocycles. The topological polar surface area (TPSA) is 55.6 Å². The molecule has 1 saturated carbocycles. The fourth-order valence-corrected chi connectivity index (χ4v) is 3.18. The number of carbonyl (C=O) groups excluding carboxylic acids is 1. The number of nitrogens with zero attached hydrogens (tertiary/aromatic N) is 1. The largest absolute Gasteiger partial charge is 0.461 e. The summed E-state index contributed by atoms with van der Waals surface area (Å²) in [7, 11) is 2.11. The molecule has 4 nitrogen and oxygen atoms in total. The average Bonchev–Trinajstić information content (AvgIpc) is 2.42. The first-order valence-electron chi connectivity index (χ1n) is 7.72. The van der Waals surface area contributed by atoms with Crippen molar-refractivity contribution in [3.63, 3.8) is 0 Å². The maximum absolute atomic E-state index is 12.3. The molecule has 0 spiro atoms. The summed E-state index contributed by atoms with van der Waals surface area (Å²) in [6.07, 6.45) is 6.86. The number of rotatable bonds is 3. The molecule has 0 aromatic heterocycles. The van der Waals surface area contributed by atoms with Crippen LogP contribution in [0.3, 0.4) is 0 Å². The van der Waals surface area contributed by atoms with Crippen molar-refractivity contribution in [3.05, 3.63) is 0 Å². The van der Waals surface area contributed by atoms with E-state index in [0.717, 1.165) is 57.5 Å². The second-order valence-electron chi connectivity index (χ2n) is 6.42. The number of piperidine rings is 1. The van der Waals surface area contributed by atoms with Gasteiger partial charge in [-0.25, -0.2) is 0 Å². The van der Waals surface area contributed by atoms with Gasteiger partial charge in [0.05, 0.1) is 0 Å². The van der Waals surface area contributed by atoms with Gasteiger partial charge in [-0.3, -0.25) is 4.79 Å². The van der Waals surface area contributed by atoms with Crippen molar-refractivity contribution in [2.45, 2.75) is 63.5 Å². The number of carbonyl (C=O) groups is 1. The zero-order chi connectivity index (χ0) is 13.9. The Balaban J connectivity index is 1.82. The quantitative estimate of drug-likeness (QED) is 0.795. The molecule has 0 unspecified atom stereocenters. The summed E-state index contributed by atoms with van der Waals surface area (Å²) in [4.78, 5) is 14.6. The number of esters is 1. The monoisotopic (exact) mass is 268 g/mol. The highest BCUT2D eigenvalue weighted by atomic mass is 16.5. The second kappa shape index (κ2) is 6.23. The van der Waals surface area contributed by atoms with Gasteiger partial charge in [0.15, 0.2) is 0 Å². The minimum absolute atomic E-state index is 0.0769. The van der Waals surface area contributed by atoms with Crippen LogP contribution < -0.4 is 5.73 Å². The highest BCUT2D eigenvalue weighted by Gasteiger charge is 2.40. The van der Waals surface area contributed by atoms with Crippen molar-refractivity contribution in [2.24, 2.45) is 11.7 Å². The fourth-order valence-electron chi connectivity index (χ4n) is 3.18. The molecule has 0 radical (unpaired) electrons. The summed E-state index contributed by atoms with van der Waals surface area (Å²) in [6.45, 7) is 4.23. The molecule has 1 aliphatic carbocycles. The highest BCUT2D eigenvalue weighted by Crippen LogP contribution is 2.33. The molecule has 0 aromatic carbocycles. The predicted molar refractivity (Wildman–Crippen MR) is 75.8 cm³/mol. The molecule has 1 saturated heterocycles. The van der Waals surface area contributed by atoms with Crippen molar-refractivity contribution in [2.75, 3.05) is 20.1 Å². The smallest absolute Gasteiger partial charge is 0.326 e. The van der Waals surface area contributed by atoms with Gasteiger partial charge in [-0.05, 0) is 51.5 Å². The van der Waals surface area contributed by atoms with Crippen molar-refractivity contribution >= 4 is 5.97 Å². The third-order valence-electron chi connectivity index (χ3n) is 4.92. The van der Waals surface area contributed by atoms with Gasteiger partial charge in [0.1, 0.15) is 11.6 Å². The number of ether oxygens (including phenoxy) is 1. The predicted octanol–water partition coefficient (Wildman–Crippen LogP) is 1.92. The van der Waals surface area contributed by atoms with Crippen molar-refractivity contribution in [3.8, 4) is 0 Å². The normalized spacial score (nSPS) is 34.2. The standard InChI is InChI=1S/C15H28N2O2/c1-3-12-4-8-15(16,9-5-12)14(18)19-13-6-10-17(2)11-7-13/h12-13H,3-11,16H2,1-2H3. The molecular formula is C15H28N2O2. The van der Waals surface area contributed by atoms with Gasteiger partial charge in [-0.15, -0.1) is 0 Å². The van der Waals surface area contributed by atoms with E-state index >= 15 is 0 Å². The van der Waals surface area contributed by atoms with Crippen LogP contribution >= 0.6 is 0 Å². The minimum atomic E-state index is -0.713. The maximum Gasteiger partial charge on any atom is 0.326 e. The van der Waals surface area contributed by atoms with Crippen LogP contribution in [0.25, 0.3) is 0 Å². The van der Waals surface area contributed by atoms with E-state index in [9.17, 15) is 4.79 Å². The molecule has 2 aliphatic rings. The molecule has 0 aromatic rings. The summed E-state index contributed by atoms with van der Waals surface area (Å²) in [5.41, 5.74) is 5.57. The van der Waals surface area contributed by atoms with Crippen LogP contribution in [0.1, 0.15) is 51.9 Å². The summed E-state index contributed by atoms with van der Waals surface area (Å²) >= 11 is 0. The Morgan fingerprint density at radius 2 is 1.84 bits per heavy atom. The van der Waals surface area contributed by atoms with E-state index in [1.807, 2.05) is 0 Å². The highest BCUT2D eigenvalue weighted by molar-refractivity contribution is 5.80. The van der Waals surface area contributed by atoms with Gasteiger partial charge in [0.25, 0.3) is 0 Å². The van der Waals surface area contributed by atoms with Crippen LogP contribution in [0.15, 0.2) is 0 Å². The maximum atomic E-state index is 12.3. The fraction of sp³-hybridized carbons (Fsp3) is 0.933. The SMILES string of the molecule is CCC1CCC(N)(C(=O)OC2CCN(C)CC2)CC1. The summed E-state index contributed by atoms with van der Waals surface area (Å²) in [6, 6.07) is 0. The van der Waals surface area contributed by atoms with Gasteiger partial charge in [-0.2, -0.15) is 0 Å². The lowest BCUT2D eigenvalue weighted by atomic mass is 9.76. The van der Waals surface area contributed by atoms with E-state index in [0.29, 0.717) is 0 Å². The number of hydrogen-bond donors (Lipinski definition) is 1. The van der Waals surface area contributed by atoms with E-state index in [1.54, 1.807) is 0 Å². The van der Waals surface area contributed by atoms with Gasteiger partial charge >= 0.3 is 5.97 Å². The van der Waals surface area contributed by atoms with Crippen molar-refractivity contribution < 1.29 is 9.53 Å². The number of nitrogens with two attached hydrogens (primary N) is 1. The summed E-state index contributed by atoms with van der Waals surface area (Å²) in [5.74, 6) is 0.587. The van der Waals surface area contributed by atoms with E-state index in [1.165, 1.54) is 6.42 Å². The second-order valence-corrected chi connectivity index (χ2v) is 6.42. The molecule has 2 rings (SSSR count). The Bertz CT molecular complexity index is 303. The lowest BCUT2D eigenvalue weighted by molar-refractivity contribution is -0.159. The van der Waals surface area contributed by atoms with Crippen molar-refractivity contribution in [1.82, 2.24) is 4.90 Å². The zero-order valence-electron chi connectivity index (χ0n) is 12.4. The van der Waals surface area contributed by atoms with E-state index in [4.69, 9.17) is 10.5 Å². The lowest BCUT2D eigenvalue weighted by Gasteiger charge is -2.37. The zero-order valence-corrected chi connectivity index (χ0v) is 12.4. The molecule has 2 N–H and O–H groups in total. The van der Waals surface area contributed by atoms with Gasteiger partial charge in [0, 0.05) is 13.1 Å². The molecule has 110 valence electrons. The van der Waals surface area contributed by atoms with Crippen LogP contribution in [-0.4, -0.2) is 42.6 Å². The van der Waals surface area contributed by atoms with Crippen LogP contribution in [0, 0.1) is 5.92 Å². The Labute approximate surface area is 116 Å². The third kappa shape index (κ3) is 3.69. The van der Waals surface area contributed by atoms with Crippen LogP contribution in [0.4, 0.5) is 0 Å². The van der Waals surface area contributed by atoms with Crippen LogP contribution in [0.5, 0.6) is 0 Å². The lowest BCUT2D eigenvalue weighted by Crippen LogP contribution is -2.52. The van der Waals surface area contributed by atoms with Crippen LogP contribution in [-0.2, 0) is 9.53 Å². The molecule has 1 aliphatic heterocycles. The van der Waals surface area contributed by atoms with Crippen LogP contribution in [0.2, 0.25) is 0 Å². The van der Waals surface area contributed by atoms with E-state index in [2.05, 4.69) is 18.9 Å². The molecule has 0 amide bonds. The van der Waals surface area contributed by atoms with E-state index in [-0.39, 0.29) is 12.1 Å². The summed E-state index contributed by atoms with van der Waals surface area (Å²) < 4.78 is 5.66. The van der Waals surface area contributed by atoms with Gasteiger partial charge < -0.3 is 15.4 Å². The Kier molecular flexibility index (Phi) is 4.85. The minimum Gasteiger partial charge on any atom is -0.461 e. The first-order valence-corrected chi connectivity index (χ1v) is 7.72. The number of likely N-dealkylation sites (tertiary alicyclic amines) is 1. The first-order chi connectivity index (χ1) is 9.03. The number of hydrogen-bond acceptors (Lipinski definition) is 4. The van der Waals surface area contributed by atoms with E-state index < -0.39 is 5.54 Å². The molecule has 0 bridgehead atoms. The molecule has 19 heavy (non-hydrogen) atoms. The first kappa shape index (κ1) is 14.8.